The molecule has 1 unspecified atom stereocenters. The van der Waals surface area contributed by atoms with E-state index in [9.17, 15) is 9.77 Å². The number of hydrogen-bond acceptors (Lipinski definition) is 3. The van der Waals surface area contributed by atoms with Gasteiger partial charge in [-0.2, -0.15) is 0 Å². The molecule has 0 aromatic heterocycles. The van der Waals surface area contributed by atoms with Crippen LogP contribution >= 0.6 is 7.14 Å². The highest BCUT2D eigenvalue weighted by Gasteiger charge is 2.41. The minimum absolute atomic E-state index is 0.436. The minimum Gasteiger partial charge on any atom is -0.411 e. The molecule has 1 N–H and O–H groups in total. The number of hydrogen-bond donors (Lipinski definition) is 1. The van der Waals surface area contributed by atoms with E-state index in [2.05, 4.69) is 11.2 Å². The zero-order valence-corrected chi connectivity index (χ0v) is 15.5. The molecular formula is C22H22NO2P. The normalized spacial score (nSPS) is 21.7. The zero-order valence-electron chi connectivity index (χ0n) is 14.6. The van der Waals surface area contributed by atoms with Crippen molar-refractivity contribution in [3.8, 4) is 0 Å². The summed E-state index contributed by atoms with van der Waals surface area (Å²) in [4.78, 5) is 0. The van der Waals surface area contributed by atoms with Crippen LogP contribution in [0.4, 0.5) is 0 Å². The van der Waals surface area contributed by atoms with Gasteiger partial charge in [-0.15, -0.1) is 0 Å². The predicted molar refractivity (Wildman–Crippen MR) is 107 cm³/mol. The first kappa shape index (κ1) is 17.1. The number of oxime groups is 1. The molecule has 0 radical (unpaired) electrons. The molecule has 2 aliphatic carbocycles. The number of benzene rings is 2. The van der Waals surface area contributed by atoms with Crippen LogP contribution in [0.1, 0.15) is 25.7 Å². The summed E-state index contributed by atoms with van der Waals surface area (Å²) < 4.78 is 14.5. The fraction of sp³-hybridized carbons (Fsp3) is 0.227. The van der Waals surface area contributed by atoms with Gasteiger partial charge in [-0.05, 0) is 36.8 Å². The van der Waals surface area contributed by atoms with E-state index in [1.165, 1.54) is 5.57 Å². The van der Waals surface area contributed by atoms with Crippen LogP contribution in [0.15, 0.2) is 89.1 Å². The lowest BCUT2D eigenvalue weighted by atomic mass is 9.84. The van der Waals surface area contributed by atoms with Crippen LogP contribution in [0.5, 0.6) is 0 Å². The second kappa shape index (κ2) is 7.09. The Morgan fingerprint density at radius 2 is 1.46 bits per heavy atom. The highest BCUT2D eigenvalue weighted by molar-refractivity contribution is 7.80. The van der Waals surface area contributed by atoms with E-state index >= 15 is 0 Å². The predicted octanol–water partition coefficient (Wildman–Crippen LogP) is 4.64. The van der Waals surface area contributed by atoms with Crippen molar-refractivity contribution in [1.82, 2.24) is 0 Å². The van der Waals surface area contributed by atoms with Gasteiger partial charge in [0.15, 0.2) is 7.14 Å². The monoisotopic (exact) mass is 363 g/mol. The molecule has 0 saturated heterocycles. The summed E-state index contributed by atoms with van der Waals surface area (Å²) in [5.74, 6) is 0. The first-order valence-electron chi connectivity index (χ1n) is 9.08. The Balaban J connectivity index is 1.90. The Bertz CT molecular complexity index is 886. The Labute approximate surface area is 154 Å². The first-order valence-corrected chi connectivity index (χ1v) is 10.9. The van der Waals surface area contributed by atoms with Gasteiger partial charge >= 0.3 is 0 Å². The topological polar surface area (TPSA) is 49.7 Å². The number of rotatable bonds is 3. The molecule has 0 spiro atoms. The fourth-order valence-corrected chi connectivity index (χ4v) is 7.12. The van der Waals surface area contributed by atoms with Gasteiger partial charge in [-0.1, -0.05) is 78.0 Å². The zero-order chi connectivity index (χ0) is 18.0. The van der Waals surface area contributed by atoms with Crippen molar-refractivity contribution in [3.63, 3.8) is 0 Å². The smallest absolute Gasteiger partial charge is 0.155 e. The maximum Gasteiger partial charge on any atom is 0.155 e. The summed E-state index contributed by atoms with van der Waals surface area (Å²) in [6, 6.07) is 19.2. The molecule has 2 aromatic carbocycles. The van der Waals surface area contributed by atoms with Crippen molar-refractivity contribution in [3.05, 3.63) is 84.0 Å². The van der Waals surface area contributed by atoms with Gasteiger partial charge in [0.25, 0.3) is 0 Å². The molecule has 4 heteroatoms. The maximum atomic E-state index is 14.5. The van der Waals surface area contributed by atoms with Crippen LogP contribution in [0.3, 0.4) is 0 Å². The highest BCUT2D eigenvalue weighted by atomic mass is 31.2. The second-order valence-electron chi connectivity index (χ2n) is 6.83. The maximum absolute atomic E-state index is 14.5. The average molecular weight is 363 g/mol. The summed E-state index contributed by atoms with van der Waals surface area (Å²) in [5.41, 5.74) is 2.46. The molecule has 3 nitrogen and oxygen atoms in total. The van der Waals surface area contributed by atoms with Gasteiger partial charge in [0.2, 0.25) is 0 Å². The van der Waals surface area contributed by atoms with Crippen LogP contribution in [-0.4, -0.2) is 16.6 Å². The van der Waals surface area contributed by atoms with Crippen LogP contribution in [0.2, 0.25) is 0 Å². The van der Waals surface area contributed by atoms with Crippen LogP contribution < -0.4 is 10.6 Å². The Morgan fingerprint density at radius 3 is 2.04 bits per heavy atom. The lowest BCUT2D eigenvalue weighted by Crippen LogP contribution is -2.34. The molecule has 2 aromatic rings. The third-order valence-electron chi connectivity index (χ3n) is 5.36. The van der Waals surface area contributed by atoms with E-state index in [0.717, 1.165) is 41.9 Å². The second-order valence-corrected chi connectivity index (χ2v) is 9.73. The molecule has 0 amide bonds. The first-order chi connectivity index (χ1) is 12.7. The SMILES string of the molecule is O=P(c1ccccc1)(c1ccccc1)C1C=CC2=C(CCCC2)C1=NO. The summed E-state index contributed by atoms with van der Waals surface area (Å²) in [7, 11) is -3.05. The van der Waals surface area contributed by atoms with Gasteiger partial charge in [0.1, 0.15) is 0 Å². The average Bonchev–Trinajstić information content (AvgIpc) is 2.73. The molecular weight excluding hydrogens is 341 g/mol. The van der Waals surface area contributed by atoms with Crippen molar-refractivity contribution in [2.24, 2.45) is 5.16 Å². The van der Waals surface area contributed by atoms with Crippen molar-refractivity contribution in [2.45, 2.75) is 31.3 Å². The molecule has 0 saturated carbocycles. The van der Waals surface area contributed by atoms with Gasteiger partial charge in [-0.25, -0.2) is 0 Å². The molecule has 0 aliphatic heterocycles. The molecule has 2 aliphatic rings. The molecule has 0 fully saturated rings. The number of nitrogens with zero attached hydrogens (tertiary/aromatic N) is 1. The van der Waals surface area contributed by atoms with Crippen molar-refractivity contribution in [2.75, 3.05) is 0 Å². The largest absolute Gasteiger partial charge is 0.411 e. The van der Waals surface area contributed by atoms with Crippen LogP contribution in [0, 0.1) is 0 Å². The van der Waals surface area contributed by atoms with E-state index in [4.69, 9.17) is 0 Å². The summed E-state index contributed by atoms with van der Waals surface area (Å²) >= 11 is 0. The van der Waals surface area contributed by atoms with Gasteiger partial charge in [0, 0.05) is 10.6 Å². The van der Waals surface area contributed by atoms with Crippen molar-refractivity contribution in [1.29, 1.82) is 0 Å². The molecule has 4 rings (SSSR count). The molecule has 1 atom stereocenters. The van der Waals surface area contributed by atoms with Crippen molar-refractivity contribution < 1.29 is 9.77 Å². The Hall–Kier alpha value is -2.38. The third-order valence-corrected chi connectivity index (χ3v) is 8.69. The van der Waals surface area contributed by atoms with E-state index in [1.54, 1.807) is 0 Å². The fourth-order valence-electron chi connectivity index (χ4n) is 4.06. The van der Waals surface area contributed by atoms with E-state index in [0.29, 0.717) is 5.71 Å². The van der Waals surface area contributed by atoms with Gasteiger partial charge in [0.05, 0.1) is 11.4 Å². The third kappa shape index (κ3) is 2.77. The minimum atomic E-state index is -3.05. The molecule has 0 bridgehead atoms. The Kier molecular flexibility index (Phi) is 4.65. The molecule has 132 valence electrons. The molecule has 0 heterocycles. The lowest BCUT2D eigenvalue weighted by Gasteiger charge is -2.32. The highest BCUT2D eigenvalue weighted by Crippen LogP contribution is 2.52. The number of allylic oxidation sites excluding steroid dienone is 4. The standard InChI is InChI=1S/C22H22NO2P/c24-23-22-20-14-8-7-9-17(20)15-16-21(22)26(25,18-10-3-1-4-11-18)19-12-5-2-6-13-19/h1-6,10-13,15-16,21,24H,7-9,14H2. The Morgan fingerprint density at radius 1 is 0.885 bits per heavy atom. The summed E-state index contributed by atoms with van der Waals surface area (Å²) in [5, 5.41) is 15.1. The summed E-state index contributed by atoms with van der Waals surface area (Å²) in [6.45, 7) is 0. The van der Waals surface area contributed by atoms with E-state index in [1.807, 2.05) is 66.7 Å². The molecule has 26 heavy (non-hydrogen) atoms. The van der Waals surface area contributed by atoms with E-state index < -0.39 is 12.8 Å². The summed E-state index contributed by atoms with van der Waals surface area (Å²) in [6.07, 6.45) is 8.21. The van der Waals surface area contributed by atoms with Crippen LogP contribution in [-0.2, 0) is 4.57 Å². The lowest BCUT2D eigenvalue weighted by molar-refractivity contribution is 0.318. The quantitative estimate of drug-likeness (QED) is 0.491. The van der Waals surface area contributed by atoms with Gasteiger partial charge < -0.3 is 9.77 Å². The van der Waals surface area contributed by atoms with Crippen molar-refractivity contribution >= 4 is 23.5 Å². The van der Waals surface area contributed by atoms with Gasteiger partial charge in [-0.3, -0.25) is 0 Å². The van der Waals surface area contributed by atoms with Crippen LogP contribution in [0.25, 0.3) is 0 Å². The van der Waals surface area contributed by atoms with E-state index in [-0.39, 0.29) is 0 Å².